The molecule has 132 valence electrons. The SMILES string of the molecule is CC(C)C1CCC(C(=O)N[C@@H](CCc2ccccc2)C(=O)O)CC1. The molecule has 1 aliphatic carbocycles. The van der Waals surface area contributed by atoms with E-state index in [1.165, 1.54) is 0 Å². The van der Waals surface area contributed by atoms with Gasteiger partial charge in [0.05, 0.1) is 0 Å². The lowest BCUT2D eigenvalue weighted by Gasteiger charge is -2.30. The number of nitrogens with one attached hydrogen (secondary N) is 1. The van der Waals surface area contributed by atoms with Gasteiger partial charge >= 0.3 is 5.97 Å². The zero-order chi connectivity index (χ0) is 17.5. The Morgan fingerprint density at radius 2 is 1.75 bits per heavy atom. The molecule has 2 rings (SSSR count). The molecule has 0 aliphatic heterocycles. The molecule has 1 aliphatic rings. The zero-order valence-corrected chi connectivity index (χ0v) is 14.7. The van der Waals surface area contributed by atoms with Gasteiger partial charge in [-0.05, 0) is 55.9 Å². The predicted molar refractivity (Wildman–Crippen MR) is 94.6 cm³/mol. The third-order valence-corrected chi connectivity index (χ3v) is 5.26. The maximum atomic E-state index is 12.4. The molecular formula is C20H29NO3. The fourth-order valence-corrected chi connectivity index (χ4v) is 3.55. The first-order valence-corrected chi connectivity index (χ1v) is 9.04. The number of carboxylic acids is 1. The molecule has 1 aromatic rings. The summed E-state index contributed by atoms with van der Waals surface area (Å²) in [6, 6.07) is 8.98. The van der Waals surface area contributed by atoms with E-state index in [4.69, 9.17) is 0 Å². The largest absolute Gasteiger partial charge is 0.480 e. The average molecular weight is 331 g/mol. The predicted octanol–water partition coefficient (Wildman–Crippen LogP) is 3.65. The molecule has 1 atom stereocenters. The first-order chi connectivity index (χ1) is 11.5. The minimum absolute atomic E-state index is 0.0291. The molecule has 1 amide bonds. The van der Waals surface area contributed by atoms with Crippen molar-refractivity contribution >= 4 is 11.9 Å². The lowest BCUT2D eigenvalue weighted by Crippen LogP contribution is -2.44. The van der Waals surface area contributed by atoms with Crippen molar-refractivity contribution in [3.8, 4) is 0 Å². The van der Waals surface area contributed by atoms with Crippen LogP contribution in [0.2, 0.25) is 0 Å². The molecule has 0 aromatic heterocycles. The van der Waals surface area contributed by atoms with Crippen LogP contribution in [0, 0.1) is 17.8 Å². The molecule has 1 aromatic carbocycles. The van der Waals surface area contributed by atoms with Crippen molar-refractivity contribution in [2.45, 2.75) is 58.4 Å². The van der Waals surface area contributed by atoms with E-state index in [0.29, 0.717) is 24.7 Å². The number of benzene rings is 1. The number of aryl methyl sites for hydroxylation is 1. The molecule has 0 bridgehead atoms. The number of carbonyl (C=O) groups excluding carboxylic acids is 1. The molecule has 4 nitrogen and oxygen atoms in total. The summed E-state index contributed by atoms with van der Waals surface area (Å²) in [5.41, 5.74) is 1.09. The van der Waals surface area contributed by atoms with E-state index < -0.39 is 12.0 Å². The van der Waals surface area contributed by atoms with Crippen molar-refractivity contribution in [1.29, 1.82) is 0 Å². The monoisotopic (exact) mass is 331 g/mol. The first kappa shape index (κ1) is 18.5. The Labute approximate surface area is 144 Å². The second-order valence-corrected chi connectivity index (χ2v) is 7.28. The van der Waals surface area contributed by atoms with Crippen LogP contribution in [-0.4, -0.2) is 23.0 Å². The summed E-state index contributed by atoms with van der Waals surface area (Å²) < 4.78 is 0. The minimum Gasteiger partial charge on any atom is -0.480 e. The fraction of sp³-hybridized carbons (Fsp3) is 0.600. The Morgan fingerprint density at radius 3 is 2.29 bits per heavy atom. The second-order valence-electron chi connectivity index (χ2n) is 7.28. The summed E-state index contributed by atoms with van der Waals surface area (Å²) in [6.45, 7) is 4.46. The number of amides is 1. The Bertz CT molecular complexity index is 533. The summed E-state index contributed by atoms with van der Waals surface area (Å²) in [7, 11) is 0. The van der Waals surface area contributed by atoms with Gasteiger partial charge in [-0.2, -0.15) is 0 Å². The van der Waals surface area contributed by atoms with E-state index >= 15 is 0 Å². The highest BCUT2D eigenvalue weighted by molar-refractivity contribution is 5.85. The highest BCUT2D eigenvalue weighted by Gasteiger charge is 2.30. The molecular weight excluding hydrogens is 302 g/mol. The molecule has 1 saturated carbocycles. The Hall–Kier alpha value is -1.84. The zero-order valence-electron chi connectivity index (χ0n) is 14.7. The van der Waals surface area contributed by atoms with E-state index in [-0.39, 0.29) is 11.8 Å². The molecule has 24 heavy (non-hydrogen) atoms. The van der Waals surface area contributed by atoms with Crippen LogP contribution in [0.5, 0.6) is 0 Å². The van der Waals surface area contributed by atoms with Crippen molar-refractivity contribution < 1.29 is 14.7 Å². The van der Waals surface area contributed by atoms with E-state index in [2.05, 4.69) is 19.2 Å². The smallest absolute Gasteiger partial charge is 0.326 e. The minimum atomic E-state index is -0.949. The maximum absolute atomic E-state index is 12.4. The van der Waals surface area contributed by atoms with Gasteiger partial charge in [0.1, 0.15) is 6.04 Å². The number of rotatable bonds is 7. The van der Waals surface area contributed by atoms with Crippen molar-refractivity contribution in [3.63, 3.8) is 0 Å². The van der Waals surface area contributed by atoms with Crippen LogP contribution >= 0.6 is 0 Å². The molecule has 0 radical (unpaired) electrons. The highest BCUT2D eigenvalue weighted by Crippen LogP contribution is 2.33. The highest BCUT2D eigenvalue weighted by atomic mass is 16.4. The summed E-state index contributed by atoms with van der Waals surface area (Å²) >= 11 is 0. The second kappa shape index (κ2) is 8.86. The molecule has 1 fully saturated rings. The number of hydrogen-bond donors (Lipinski definition) is 2. The van der Waals surface area contributed by atoms with Gasteiger partial charge in [0.25, 0.3) is 0 Å². The van der Waals surface area contributed by atoms with Gasteiger partial charge in [-0.3, -0.25) is 4.79 Å². The average Bonchev–Trinajstić information content (AvgIpc) is 2.59. The Balaban J connectivity index is 1.84. The Kier molecular flexibility index (Phi) is 6.83. The van der Waals surface area contributed by atoms with Crippen LogP contribution in [-0.2, 0) is 16.0 Å². The van der Waals surface area contributed by atoms with Crippen LogP contribution in [0.4, 0.5) is 0 Å². The standard InChI is InChI=1S/C20H29NO3/c1-14(2)16-9-11-17(12-10-16)19(22)21-18(20(23)24)13-8-15-6-4-3-5-7-15/h3-7,14,16-18H,8-13H2,1-2H3,(H,21,22)(H,23,24)/t16?,17?,18-/m0/s1. The molecule has 0 heterocycles. The van der Waals surface area contributed by atoms with Crippen LogP contribution in [0.1, 0.15) is 51.5 Å². The lowest BCUT2D eigenvalue weighted by molar-refractivity contribution is -0.142. The van der Waals surface area contributed by atoms with Crippen molar-refractivity contribution in [3.05, 3.63) is 35.9 Å². The van der Waals surface area contributed by atoms with Crippen molar-refractivity contribution in [2.24, 2.45) is 17.8 Å². The van der Waals surface area contributed by atoms with Crippen LogP contribution in [0.15, 0.2) is 30.3 Å². The number of hydrogen-bond acceptors (Lipinski definition) is 2. The fourth-order valence-electron chi connectivity index (χ4n) is 3.55. The van der Waals surface area contributed by atoms with Gasteiger partial charge in [0, 0.05) is 5.92 Å². The van der Waals surface area contributed by atoms with Gasteiger partial charge in [0.15, 0.2) is 0 Å². The summed E-state index contributed by atoms with van der Waals surface area (Å²) in [5, 5.41) is 12.2. The van der Waals surface area contributed by atoms with Gasteiger partial charge in [0.2, 0.25) is 5.91 Å². The van der Waals surface area contributed by atoms with Crippen LogP contribution < -0.4 is 5.32 Å². The molecule has 4 heteroatoms. The van der Waals surface area contributed by atoms with E-state index in [1.54, 1.807) is 0 Å². The molecule has 0 saturated heterocycles. The van der Waals surface area contributed by atoms with Crippen LogP contribution in [0.25, 0.3) is 0 Å². The Morgan fingerprint density at radius 1 is 1.12 bits per heavy atom. The third-order valence-electron chi connectivity index (χ3n) is 5.26. The van der Waals surface area contributed by atoms with Crippen molar-refractivity contribution in [1.82, 2.24) is 5.32 Å². The van der Waals surface area contributed by atoms with Gasteiger partial charge in [-0.25, -0.2) is 4.79 Å². The van der Waals surface area contributed by atoms with Gasteiger partial charge in [-0.15, -0.1) is 0 Å². The number of carboxylic acid groups (broad SMARTS) is 1. The molecule has 0 unspecified atom stereocenters. The number of carbonyl (C=O) groups is 2. The maximum Gasteiger partial charge on any atom is 0.326 e. The lowest BCUT2D eigenvalue weighted by atomic mass is 9.76. The van der Waals surface area contributed by atoms with Gasteiger partial charge < -0.3 is 10.4 Å². The van der Waals surface area contributed by atoms with Gasteiger partial charge in [-0.1, -0.05) is 44.2 Å². The summed E-state index contributed by atoms with van der Waals surface area (Å²) in [6.07, 6.45) is 4.96. The van der Waals surface area contributed by atoms with E-state index in [9.17, 15) is 14.7 Å². The number of aliphatic carboxylic acids is 1. The third kappa shape index (κ3) is 5.36. The first-order valence-electron chi connectivity index (χ1n) is 9.04. The van der Waals surface area contributed by atoms with E-state index in [0.717, 1.165) is 31.2 Å². The summed E-state index contributed by atoms with van der Waals surface area (Å²) in [4.78, 5) is 23.9. The summed E-state index contributed by atoms with van der Waals surface area (Å²) in [5.74, 6) is 0.292. The quantitative estimate of drug-likeness (QED) is 0.801. The topological polar surface area (TPSA) is 66.4 Å². The normalized spacial score (nSPS) is 22.1. The van der Waals surface area contributed by atoms with E-state index in [1.807, 2.05) is 30.3 Å². The molecule has 2 N–H and O–H groups in total. The molecule has 0 spiro atoms. The van der Waals surface area contributed by atoms with Crippen molar-refractivity contribution in [2.75, 3.05) is 0 Å². The van der Waals surface area contributed by atoms with Crippen LogP contribution in [0.3, 0.4) is 0 Å².